The van der Waals surface area contributed by atoms with Gasteiger partial charge < -0.3 is 5.32 Å². The molecule has 4 saturated carbocycles. The number of benzene rings is 1. The van der Waals surface area contributed by atoms with Gasteiger partial charge in [-0.15, -0.1) is 0 Å². The van der Waals surface area contributed by atoms with Crippen LogP contribution in [0.3, 0.4) is 0 Å². The summed E-state index contributed by atoms with van der Waals surface area (Å²) in [7, 11) is -2.33. The van der Waals surface area contributed by atoms with Gasteiger partial charge in [0.05, 0.1) is 4.90 Å². The van der Waals surface area contributed by atoms with Crippen molar-refractivity contribution in [3.05, 3.63) is 29.3 Å². The van der Waals surface area contributed by atoms with Crippen LogP contribution >= 0.6 is 11.6 Å². The maximum Gasteiger partial charge on any atom is 0.243 e. The topological polar surface area (TPSA) is 66.5 Å². The summed E-state index contributed by atoms with van der Waals surface area (Å²) in [5.41, 5.74) is -1.19. The number of halogens is 1. The van der Waals surface area contributed by atoms with Gasteiger partial charge in [0.2, 0.25) is 15.9 Å². The van der Waals surface area contributed by atoms with Crippen molar-refractivity contribution in [2.24, 2.45) is 23.7 Å². The third-order valence-corrected chi connectivity index (χ3v) is 9.64. The van der Waals surface area contributed by atoms with Crippen molar-refractivity contribution in [1.82, 2.24) is 9.62 Å². The minimum atomic E-state index is -3.81. The smallest absolute Gasteiger partial charge is 0.243 e. The molecule has 1 aromatic carbocycles. The molecule has 0 atom stereocenters. The summed E-state index contributed by atoms with van der Waals surface area (Å²) in [6.07, 6.45) is 6.18. The van der Waals surface area contributed by atoms with Gasteiger partial charge in [-0.1, -0.05) is 11.6 Å². The van der Waals surface area contributed by atoms with E-state index in [1.807, 2.05) is 0 Å². The number of hydrogen-bond acceptors (Lipinski definition) is 3. The van der Waals surface area contributed by atoms with Gasteiger partial charge in [-0.25, -0.2) is 8.42 Å². The first kappa shape index (κ1) is 20.2. The SMILES string of the molecule is CN(C(C)(C)C(=O)NC1C2CC3CC(C2)CC1C3)S(=O)(=O)c1ccc(Cl)cc1. The van der Waals surface area contributed by atoms with Crippen molar-refractivity contribution in [1.29, 1.82) is 0 Å². The zero-order chi connectivity index (χ0) is 20.3. The Morgan fingerprint density at radius 2 is 1.54 bits per heavy atom. The van der Waals surface area contributed by atoms with Crippen molar-refractivity contribution in [3.8, 4) is 0 Å². The van der Waals surface area contributed by atoms with Crippen LogP contribution in [-0.2, 0) is 14.8 Å². The van der Waals surface area contributed by atoms with Gasteiger partial charge in [-0.2, -0.15) is 4.31 Å². The van der Waals surface area contributed by atoms with Crippen LogP contribution in [-0.4, -0.2) is 37.3 Å². The molecule has 5 nitrogen and oxygen atoms in total. The van der Waals surface area contributed by atoms with Crippen molar-refractivity contribution < 1.29 is 13.2 Å². The molecule has 1 amide bonds. The molecular formula is C21H29ClN2O3S. The van der Waals surface area contributed by atoms with Crippen molar-refractivity contribution in [2.45, 2.75) is 62.4 Å². The molecule has 4 aliphatic carbocycles. The van der Waals surface area contributed by atoms with Crippen LogP contribution in [0.15, 0.2) is 29.2 Å². The predicted molar refractivity (Wildman–Crippen MR) is 109 cm³/mol. The lowest BCUT2D eigenvalue weighted by atomic mass is 9.54. The molecule has 28 heavy (non-hydrogen) atoms. The highest BCUT2D eigenvalue weighted by atomic mass is 35.5. The van der Waals surface area contributed by atoms with E-state index >= 15 is 0 Å². The van der Waals surface area contributed by atoms with E-state index in [4.69, 9.17) is 11.6 Å². The molecule has 4 bridgehead atoms. The Labute approximate surface area is 172 Å². The first-order valence-electron chi connectivity index (χ1n) is 10.1. The number of nitrogens with one attached hydrogen (secondary N) is 1. The summed E-state index contributed by atoms with van der Waals surface area (Å²) in [6.45, 7) is 3.35. The number of amides is 1. The Morgan fingerprint density at radius 3 is 2.04 bits per heavy atom. The molecule has 4 aliphatic rings. The van der Waals surface area contributed by atoms with E-state index < -0.39 is 15.6 Å². The standard InChI is InChI=1S/C21H29ClN2O3S/c1-21(2,24(3)28(26,27)18-6-4-17(22)5-7-18)20(25)23-19-15-9-13-8-14(11-15)12-16(19)10-13/h4-7,13-16,19H,8-12H2,1-3H3,(H,23,25). The van der Waals surface area contributed by atoms with Crippen LogP contribution in [0, 0.1) is 23.7 Å². The summed E-state index contributed by atoms with van der Waals surface area (Å²) in [4.78, 5) is 13.3. The quantitative estimate of drug-likeness (QED) is 0.783. The Balaban J connectivity index is 1.51. The summed E-state index contributed by atoms with van der Waals surface area (Å²) < 4.78 is 27.2. The molecule has 1 aromatic rings. The minimum absolute atomic E-state index is 0.134. The van der Waals surface area contributed by atoms with Crippen LogP contribution in [0.2, 0.25) is 5.02 Å². The summed E-state index contributed by atoms with van der Waals surface area (Å²) >= 11 is 5.88. The van der Waals surface area contributed by atoms with E-state index in [1.165, 1.54) is 55.6 Å². The molecule has 154 valence electrons. The highest BCUT2D eigenvalue weighted by Gasteiger charge is 2.50. The molecule has 0 saturated heterocycles. The molecule has 0 heterocycles. The molecule has 1 N–H and O–H groups in total. The zero-order valence-corrected chi connectivity index (χ0v) is 18.3. The minimum Gasteiger partial charge on any atom is -0.351 e. The van der Waals surface area contributed by atoms with Gasteiger partial charge in [-0.3, -0.25) is 4.79 Å². The van der Waals surface area contributed by atoms with E-state index in [2.05, 4.69) is 5.32 Å². The Kier molecular flexibility index (Phi) is 5.04. The first-order chi connectivity index (χ1) is 13.1. The average Bonchev–Trinajstić information content (AvgIpc) is 2.63. The fraction of sp³-hybridized carbons (Fsp3) is 0.667. The monoisotopic (exact) mass is 424 g/mol. The summed E-state index contributed by atoms with van der Waals surface area (Å²) in [5, 5.41) is 3.72. The fourth-order valence-corrected chi connectivity index (χ4v) is 7.30. The predicted octanol–water partition coefficient (Wildman–Crippen LogP) is 3.68. The van der Waals surface area contributed by atoms with E-state index in [0.29, 0.717) is 16.9 Å². The second kappa shape index (κ2) is 6.99. The lowest BCUT2D eigenvalue weighted by Gasteiger charge is -2.54. The van der Waals surface area contributed by atoms with Crippen LogP contribution < -0.4 is 5.32 Å². The first-order valence-corrected chi connectivity index (χ1v) is 12.0. The van der Waals surface area contributed by atoms with Crippen molar-refractivity contribution in [2.75, 3.05) is 7.05 Å². The third-order valence-electron chi connectivity index (χ3n) is 7.34. The number of carbonyl (C=O) groups is 1. The zero-order valence-electron chi connectivity index (χ0n) is 16.7. The largest absolute Gasteiger partial charge is 0.351 e. The number of nitrogens with zero attached hydrogens (tertiary/aromatic N) is 1. The van der Waals surface area contributed by atoms with Gasteiger partial charge in [0.25, 0.3) is 0 Å². The molecule has 4 fully saturated rings. The summed E-state index contributed by atoms with van der Waals surface area (Å²) in [5.74, 6) is 2.54. The number of rotatable bonds is 5. The van der Waals surface area contributed by atoms with Crippen LogP contribution in [0.25, 0.3) is 0 Å². The summed E-state index contributed by atoms with van der Waals surface area (Å²) in [6, 6.07) is 6.22. The van der Waals surface area contributed by atoms with E-state index in [9.17, 15) is 13.2 Å². The lowest BCUT2D eigenvalue weighted by Crippen LogP contribution is -2.62. The average molecular weight is 425 g/mol. The maximum atomic E-state index is 13.2. The molecular weight excluding hydrogens is 396 g/mol. The number of hydrogen-bond donors (Lipinski definition) is 1. The second-order valence-corrected chi connectivity index (χ2v) is 11.8. The number of likely N-dealkylation sites (N-methyl/N-ethyl adjacent to an activating group) is 1. The van der Waals surface area contributed by atoms with Gasteiger partial charge in [0.1, 0.15) is 5.54 Å². The van der Waals surface area contributed by atoms with E-state index in [0.717, 1.165) is 11.8 Å². The van der Waals surface area contributed by atoms with E-state index in [1.54, 1.807) is 26.0 Å². The molecule has 0 spiro atoms. The molecule has 5 rings (SSSR count). The molecule has 0 radical (unpaired) electrons. The lowest BCUT2D eigenvalue weighted by molar-refractivity contribution is -0.132. The fourth-order valence-electron chi connectivity index (χ4n) is 5.70. The van der Waals surface area contributed by atoms with Gasteiger partial charge in [0.15, 0.2) is 0 Å². The maximum absolute atomic E-state index is 13.2. The van der Waals surface area contributed by atoms with Crippen LogP contribution in [0.4, 0.5) is 0 Å². The Bertz CT molecular complexity index is 838. The Hall–Kier alpha value is -1.11. The molecule has 0 aromatic heterocycles. The second-order valence-electron chi connectivity index (χ2n) is 9.42. The Morgan fingerprint density at radius 1 is 1.04 bits per heavy atom. The van der Waals surface area contributed by atoms with E-state index in [-0.39, 0.29) is 16.8 Å². The third kappa shape index (κ3) is 3.37. The molecule has 7 heteroatoms. The van der Waals surface area contributed by atoms with Crippen molar-refractivity contribution in [3.63, 3.8) is 0 Å². The van der Waals surface area contributed by atoms with Crippen LogP contribution in [0.5, 0.6) is 0 Å². The van der Waals surface area contributed by atoms with Gasteiger partial charge in [0, 0.05) is 18.1 Å². The molecule has 0 aliphatic heterocycles. The highest BCUT2D eigenvalue weighted by Crippen LogP contribution is 2.53. The van der Waals surface area contributed by atoms with Crippen molar-refractivity contribution >= 4 is 27.5 Å². The molecule has 0 unspecified atom stereocenters. The number of sulfonamides is 1. The number of carbonyl (C=O) groups excluding carboxylic acids is 1. The van der Waals surface area contributed by atoms with Gasteiger partial charge in [-0.05, 0) is 93.9 Å². The highest BCUT2D eigenvalue weighted by molar-refractivity contribution is 7.89. The normalized spacial score (nSPS) is 32.0. The van der Waals surface area contributed by atoms with Crippen LogP contribution in [0.1, 0.15) is 46.0 Å². The van der Waals surface area contributed by atoms with Gasteiger partial charge >= 0.3 is 0 Å².